The molecular weight excluding hydrogens is 360 g/mol. The number of amides is 2. The van der Waals surface area contributed by atoms with Crippen molar-refractivity contribution in [3.63, 3.8) is 0 Å². The first kappa shape index (κ1) is 18.1. The summed E-state index contributed by atoms with van der Waals surface area (Å²) in [6, 6.07) is 15.3. The SMILES string of the molecule is O=C(c1ccc(Cl)cc1)N1CCC[C@H](C(=O)N2CCc3ccccc3C2)C1. The second-order valence-electron chi connectivity index (χ2n) is 7.38. The number of carbonyl (C=O) groups excluding carboxylic acids is 2. The predicted molar refractivity (Wildman–Crippen MR) is 106 cm³/mol. The van der Waals surface area contributed by atoms with E-state index >= 15 is 0 Å². The Labute approximate surface area is 164 Å². The standard InChI is InChI=1S/C22H23ClN2O2/c23-20-9-7-17(8-10-20)21(26)24-12-3-6-19(15-24)22(27)25-13-11-16-4-1-2-5-18(16)14-25/h1-2,4-5,7-10,19H,3,6,11-15H2/t19-/m0/s1. The van der Waals surface area contributed by atoms with Crippen LogP contribution in [0.3, 0.4) is 0 Å². The largest absolute Gasteiger partial charge is 0.338 e. The molecule has 1 fully saturated rings. The van der Waals surface area contributed by atoms with Gasteiger partial charge in [0.25, 0.3) is 5.91 Å². The van der Waals surface area contributed by atoms with E-state index in [0.29, 0.717) is 30.2 Å². The van der Waals surface area contributed by atoms with Crippen molar-refractivity contribution >= 4 is 23.4 Å². The summed E-state index contributed by atoms with van der Waals surface area (Å²) in [6.07, 6.45) is 2.61. The number of nitrogens with zero attached hydrogens (tertiary/aromatic N) is 2. The Morgan fingerprint density at radius 3 is 2.44 bits per heavy atom. The number of carbonyl (C=O) groups is 2. The first-order valence-electron chi connectivity index (χ1n) is 9.52. The van der Waals surface area contributed by atoms with Crippen molar-refractivity contribution < 1.29 is 9.59 Å². The number of benzene rings is 2. The van der Waals surface area contributed by atoms with Crippen molar-refractivity contribution in [2.24, 2.45) is 5.92 Å². The van der Waals surface area contributed by atoms with Gasteiger partial charge in [0, 0.05) is 36.8 Å². The monoisotopic (exact) mass is 382 g/mol. The second kappa shape index (κ2) is 7.73. The van der Waals surface area contributed by atoms with E-state index in [-0.39, 0.29) is 17.7 Å². The number of fused-ring (bicyclic) bond motifs is 1. The van der Waals surface area contributed by atoms with Crippen LogP contribution in [0.15, 0.2) is 48.5 Å². The van der Waals surface area contributed by atoms with Crippen LogP contribution in [0.5, 0.6) is 0 Å². The van der Waals surface area contributed by atoms with Crippen LogP contribution in [-0.2, 0) is 17.8 Å². The summed E-state index contributed by atoms with van der Waals surface area (Å²) in [5, 5.41) is 0.614. The molecule has 4 rings (SSSR count). The van der Waals surface area contributed by atoms with Crippen LogP contribution in [0.4, 0.5) is 0 Å². The average Bonchev–Trinajstić information content (AvgIpc) is 2.73. The Hall–Kier alpha value is -2.33. The van der Waals surface area contributed by atoms with Gasteiger partial charge in [0.15, 0.2) is 0 Å². The molecule has 0 aliphatic carbocycles. The van der Waals surface area contributed by atoms with Gasteiger partial charge in [0.05, 0.1) is 5.92 Å². The van der Waals surface area contributed by atoms with E-state index in [1.807, 2.05) is 15.9 Å². The third-order valence-corrected chi connectivity index (χ3v) is 5.84. The number of hydrogen-bond donors (Lipinski definition) is 0. The Kier molecular flexibility index (Phi) is 5.17. The highest BCUT2D eigenvalue weighted by molar-refractivity contribution is 6.30. The molecule has 2 aliphatic rings. The van der Waals surface area contributed by atoms with Gasteiger partial charge in [-0.3, -0.25) is 9.59 Å². The summed E-state index contributed by atoms with van der Waals surface area (Å²) < 4.78 is 0. The molecule has 1 saturated heterocycles. The molecule has 0 bridgehead atoms. The molecule has 2 heterocycles. The Morgan fingerprint density at radius 1 is 0.926 bits per heavy atom. The fourth-order valence-corrected chi connectivity index (χ4v) is 4.21. The van der Waals surface area contributed by atoms with Crippen molar-refractivity contribution in [1.82, 2.24) is 9.80 Å². The zero-order valence-corrected chi connectivity index (χ0v) is 16.0. The molecule has 0 N–H and O–H groups in total. The Bertz CT molecular complexity index is 850. The molecule has 0 saturated carbocycles. The van der Waals surface area contributed by atoms with Crippen molar-refractivity contribution in [2.75, 3.05) is 19.6 Å². The summed E-state index contributed by atoms with van der Waals surface area (Å²) in [5.74, 6) is 0.0477. The lowest BCUT2D eigenvalue weighted by atomic mass is 9.93. The second-order valence-corrected chi connectivity index (χ2v) is 7.81. The zero-order valence-electron chi connectivity index (χ0n) is 15.2. The Balaban J connectivity index is 1.43. The van der Waals surface area contributed by atoms with Crippen LogP contribution in [0, 0.1) is 5.92 Å². The smallest absolute Gasteiger partial charge is 0.253 e. The van der Waals surface area contributed by atoms with E-state index < -0.39 is 0 Å². The maximum atomic E-state index is 13.1. The minimum atomic E-state index is -0.111. The molecule has 0 radical (unpaired) electrons. The number of halogens is 1. The Morgan fingerprint density at radius 2 is 1.67 bits per heavy atom. The highest BCUT2D eigenvalue weighted by Crippen LogP contribution is 2.25. The number of hydrogen-bond acceptors (Lipinski definition) is 2. The average molecular weight is 383 g/mol. The summed E-state index contributed by atoms with van der Waals surface area (Å²) in [5.41, 5.74) is 3.20. The molecule has 2 amide bonds. The van der Waals surface area contributed by atoms with Gasteiger partial charge in [-0.15, -0.1) is 0 Å². The van der Waals surface area contributed by atoms with Crippen LogP contribution in [0.1, 0.15) is 34.3 Å². The topological polar surface area (TPSA) is 40.6 Å². The molecule has 0 unspecified atom stereocenters. The van der Waals surface area contributed by atoms with Crippen LogP contribution >= 0.6 is 11.6 Å². The minimum Gasteiger partial charge on any atom is -0.338 e. The van der Waals surface area contributed by atoms with Crippen molar-refractivity contribution in [3.8, 4) is 0 Å². The fraction of sp³-hybridized carbons (Fsp3) is 0.364. The van der Waals surface area contributed by atoms with Crippen molar-refractivity contribution in [3.05, 3.63) is 70.2 Å². The molecular formula is C22H23ClN2O2. The molecule has 1 atom stereocenters. The number of likely N-dealkylation sites (tertiary alicyclic amines) is 1. The minimum absolute atomic E-state index is 0.0202. The molecule has 0 aromatic heterocycles. The van der Waals surface area contributed by atoms with Gasteiger partial charge in [-0.1, -0.05) is 35.9 Å². The van der Waals surface area contributed by atoms with E-state index in [1.165, 1.54) is 11.1 Å². The molecule has 27 heavy (non-hydrogen) atoms. The van der Waals surface area contributed by atoms with Crippen LogP contribution in [-0.4, -0.2) is 41.2 Å². The lowest BCUT2D eigenvalue weighted by molar-refractivity contribution is -0.137. The maximum absolute atomic E-state index is 13.1. The quantitative estimate of drug-likeness (QED) is 0.793. The van der Waals surface area contributed by atoms with Gasteiger partial charge in [0.2, 0.25) is 5.91 Å². The molecule has 5 heteroatoms. The first-order valence-corrected chi connectivity index (χ1v) is 9.90. The molecule has 2 aromatic carbocycles. The van der Waals surface area contributed by atoms with E-state index in [1.54, 1.807) is 24.3 Å². The lowest BCUT2D eigenvalue weighted by Gasteiger charge is -2.36. The lowest BCUT2D eigenvalue weighted by Crippen LogP contribution is -2.47. The van der Waals surface area contributed by atoms with Gasteiger partial charge in [0.1, 0.15) is 0 Å². The zero-order chi connectivity index (χ0) is 18.8. The summed E-state index contributed by atoms with van der Waals surface area (Å²) in [6.45, 7) is 2.64. The van der Waals surface area contributed by atoms with E-state index in [9.17, 15) is 9.59 Å². The van der Waals surface area contributed by atoms with Gasteiger partial charge in [-0.25, -0.2) is 0 Å². The van der Waals surface area contributed by atoms with E-state index in [4.69, 9.17) is 11.6 Å². The summed E-state index contributed by atoms with van der Waals surface area (Å²) in [4.78, 5) is 29.6. The van der Waals surface area contributed by atoms with E-state index in [0.717, 1.165) is 25.8 Å². The number of rotatable bonds is 2. The normalized spacial score (nSPS) is 19.5. The van der Waals surface area contributed by atoms with Gasteiger partial charge >= 0.3 is 0 Å². The maximum Gasteiger partial charge on any atom is 0.253 e. The van der Waals surface area contributed by atoms with Crippen LogP contribution in [0.25, 0.3) is 0 Å². The molecule has 4 nitrogen and oxygen atoms in total. The van der Waals surface area contributed by atoms with Gasteiger partial charge in [-0.05, 0) is 54.7 Å². The van der Waals surface area contributed by atoms with Gasteiger partial charge in [-0.2, -0.15) is 0 Å². The third kappa shape index (κ3) is 3.86. The highest BCUT2D eigenvalue weighted by atomic mass is 35.5. The van der Waals surface area contributed by atoms with Gasteiger partial charge < -0.3 is 9.80 Å². The third-order valence-electron chi connectivity index (χ3n) is 5.59. The van der Waals surface area contributed by atoms with Crippen LogP contribution < -0.4 is 0 Å². The summed E-state index contributed by atoms with van der Waals surface area (Å²) in [7, 11) is 0. The molecule has 2 aromatic rings. The number of piperidine rings is 1. The predicted octanol–water partition coefficient (Wildman–Crippen LogP) is 3.78. The fourth-order valence-electron chi connectivity index (χ4n) is 4.08. The summed E-state index contributed by atoms with van der Waals surface area (Å²) >= 11 is 5.91. The molecule has 2 aliphatic heterocycles. The van der Waals surface area contributed by atoms with E-state index in [2.05, 4.69) is 18.2 Å². The van der Waals surface area contributed by atoms with Crippen molar-refractivity contribution in [2.45, 2.75) is 25.8 Å². The molecule has 0 spiro atoms. The van der Waals surface area contributed by atoms with Crippen molar-refractivity contribution in [1.29, 1.82) is 0 Å². The first-order chi connectivity index (χ1) is 13.1. The molecule has 140 valence electrons. The highest BCUT2D eigenvalue weighted by Gasteiger charge is 2.32. The van der Waals surface area contributed by atoms with Crippen LogP contribution in [0.2, 0.25) is 5.02 Å².